The Balaban J connectivity index is 1.61. The van der Waals surface area contributed by atoms with Crippen LogP contribution in [-0.4, -0.2) is 34.8 Å². The summed E-state index contributed by atoms with van der Waals surface area (Å²) in [5.74, 6) is -0.850. The zero-order valence-corrected chi connectivity index (χ0v) is 14.5. The Bertz CT molecular complexity index is 918. The van der Waals surface area contributed by atoms with Crippen LogP contribution in [0.2, 0.25) is 0 Å². The number of carbonyl (C=O) groups is 2. The van der Waals surface area contributed by atoms with Gasteiger partial charge in [-0.2, -0.15) is 0 Å². The molecule has 0 bridgehead atoms. The second kappa shape index (κ2) is 7.82. The van der Waals surface area contributed by atoms with Gasteiger partial charge in [0.15, 0.2) is 0 Å². The number of halogens is 1. The monoisotopic (exact) mass is 353 g/mol. The van der Waals surface area contributed by atoms with Gasteiger partial charge in [-0.15, -0.1) is 0 Å². The van der Waals surface area contributed by atoms with Gasteiger partial charge in [-0.1, -0.05) is 18.2 Å². The molecule has 0 fully saturated rings. The zero-order valence-electron chi connectivity index (χ0n) is 14.5. The number of nitrogens with zero attached hydrogens (tertiary/aromatic N) is 1. The van der Waals surface area contributed by atoms with Crippen molar-refractivity contribution in [2.45, 2.75) is 13.3 Å². The van der Waals surface area contributed by atoms with E-state index >= 15 is 0 Å². The lowest BCUT2D eigenvalue weighted by molar-refractivity contribution is -0.132. The number of hydrogen-bond acceptors (Lipinski definition) is 2. The number of aromatic nitrogens is 1. The summed E-state index contributed by atoms with van der Waals surface area (Å²) < 4.78 is 12.9. The molecule has 2 N–H and O–H groups in total. The van der Waals surface area contributed by atoms with Crippen LogP contribution in [0.4, 0.5) is 10.1 Å². The predicted octanol–water partition coefficient (Wildman–Crippen LogP) is 3.34. The van der Waals surface area contributed by atoms with Crippen LogP contribution in [-0.2, 0) is 16.0 Å². The Morgan fingerprint density at radius 3 is 2.58 bits per heavy atom. The molecule has 0 radical (unpaired) electrons. The first kappa shape index (κ1) is 17.7. The van der Waals surface area contributed by atoms with E-state index in [0.717, 1.165) is 16.5 Å². The molecule has 0 atom stereocenters. The highest BCUT2D eigenvalue weighted by molar-refractivity contribution is 5.94. The molecule has 0 aliphatic carbocycles. The molecule has 2 amide bonds. The highest BCUT2D eigenvalue weighted by Gasteiger charge is 2.15. The molecule has 6 heteroatoms. The molecule has 0 aliphatic rings. The minimum Gasteiger partial charge on any atom is -0.361 e. The predicted molar refractivity (Wildman–Crippen MR) is 99.3 cm³/mol. The van der Waals surface area contributed by atoms with E-state index < -0.39 is 0 Å². The van der Waals surface area contributed by atoms with E-state index in [1.165, 1.54) is 36.1 Å². The van der Waals surface area contributed by atoms with E-state index in [-0.39, 0.29) is 24.2 Å². The summed E-state index contributed by atoms with van der Waals surface area (Å²) in [6.07, 6.45) is 2.58. The average molecular weight is 353 g/mol. The number of nitrogens with one attached hydrogen (secondary N) is 2. The molecule has 0 aliphatic heterocycles. The molecule has 0 spiro atoms. The number of aromatic amines is 1. The summed E-state index contributed by atoms with van der Waals surface area (Å²) >= 11 is 0. The molecule has 2 aromatic carbocycles. The van der Waals surface area contributed by atoms with E-state index in [2.05, 4.69) is 10.3 Å². The van der Waals surface area contributed by atoms with Gasteiger partial charge in [-0.05, 0) is 42.3 Å². The quantitative estimate of drug-likeness (QED) is 0.714. The topological polar surface area (TPSA) is 65.2 Å². The molecular weight excluding hydrogens is 333 g/mol. The lowest BCUT2D eigenvalue weighted by Crippen LogP contribution is -2.37. The normalized spacial score (nSPS) is 10.7. The van der Waals surface area contributed by atoms with Crippen molar-refractivity contribution in [3.63, 3.8) is 0 Å². The lowest BCUT2D eigenvalue weighted by atomic mass is 10.1. The number of amides is 2. The molecule has 1 heterocycles. The van der Waals surface area contributed by atoms with Crippen molar-refractivity contribution in [2.75, 3.05) is 18.4 Å². The molecule has 5 nitrogen and oxygen atoms in total. The van der Waals surface area contributed by atoms with Crippen molar-refractivity contribution >= 4 is 28.4 Å². The van der Waals surface area contributed by atoms with Crippen LogP contribution in [0.15, 0.2) is 54.7 Å². The minimum absolute atomic E-state index is 0.0466. The second-order valence-electron chi connectivity index (χ2n) is 6.11. The Labute approximate surface area is 150 Å². The maximum atomic E-state index is 12.9. The van der Waals surface area contributed by atoms with Crippen LogP contribution < -0.4 is 5.32 Å². The van der Waals surface area contributed by atoms with E-state index in [0.29, 0.717) is 18.7 Å². The SMILES string of the molecule is CC(=O)N(CCc1c[nH]c2ccccc12)CC(=O)Nc1ccc(F)cc1. The van der Waals surface area contributed by atoms with Gasteiger partial charge in [0.1, 0.15) is 5.82 Å². The summed E-state index contributed by atoms with van der Waals surface area (Å²) in [5.41, 5.74) is 2.65. The number of carbonyl (C=O) groups excluding carboxylic acids is 2. The molecule has 3 rings (SSSR count). The number of rotatable bonds is 6. The van der Waals surface area contributed by atoms with Gasteiger partial charge in [0.05, 0.1) is 6.54 Å². The average Bonchev–Trinajstić information content (AvgIpc) is 3.03. The molecule has 3 aromatic rings. The van der Waals surface area contributed by atoms with E-state index in [1.54, 1.807) is 0 Å². The van der Waals surface area contributed by atoms with Gasteiger partial charge < -0.3 is 15.2 Å². The third kappa shape index (κ3) is 4.27. The van der Waals surface area contributed by atoms with Crippen LogP contribution in [0.1, 0.15) is 12.5 Å². The molecular formula is C20H20FN3O2. The number of benzene rings is 2. The molecule has 0 unspecified atom stereocenters. The molecule has 1 aromatic heterocycles. The maximum Gasteiger partial charge on any atom is 0.243 e. The number of para-hydroxylation sites is 1. The van der Waals surface area contributed by atoms with E-state index in [4.69, 9.17) is 0 Å². The summed E-state index contributed by atoms with van der Waals surface area (Å²) in [6.45, 7) is 1.84. The fourth-order valence-corrected chi connectivity index (χ4v) is 2.85. The van der Waals surface area contributed by atoms with Crippen LogP contribution >= 0.6 is 0 Å². The van der Waals surface area contributed by atoms with Crippen molar-refractivity contribution in [1.29, 1.82) is 0 Å². The number of fused-ring (bicyclic) bond motifs is 1. The smallest absolute Gasteiger partial charge is 0.243 e. The summed E-state index contributed by atoms with van der Waals surface area (Å²) in [4.78, 5) is 28.8. The van der Waals surface area contributed by atoms with Crippen LogP contribution in [0, 0.1) is 5.82 Å². The van der Waals surface area contributed by atoms with Gasteiger partial charge in [0.25, 0.3) is 0 Å². The Hall–Kier alpha value is -3.15. The van der Waals surface area contributed by atoms with Crippen molar-refractivity contribution < 1.29 is 14.0 Å². The summed E-state index contributed by atoms with van der Waals surface area (Å²) in [5, 5.41) is 3.79. The van der Waals surface area contributed by atoms with Gasteiger partial charge in [0, 0.05) is 36.3 Å². The fraction of sp³-hybridized carbons (Fsp3) is 0.200. The zero-order chi connectivity index (χ0) is 18.5. The van der Waals surface area contributed by atoms with Crippen molar-refractivity contribution in [3.8, 4) is 0 Å². The van der Waals surface area contributed by atoms with Gasteiger partial charge >= 0.3 is 0 Å². The summed E-state index contributed by atoms with van der Waals surface area (Å²) in [6, 6.07) is 13.5. The molecule has 134 valence electrons. The standard InChI is InChI=1S/C20H20FN3O2/c1-14(25)24(13-20(26)23-17-8-6-16(21)7-9-17)11-10-15-12-22-19-5-3-2-4-18(15)19/h2-9,12,22H,10-11,13H2,1H3,(H,23,26). The van der Waals surface area contributed by atoms with Gasteiger partial charge in [-0.25, -0.2) is 4.39 Å². The first-order valence-electron chi connectivity index (χ1n) is 8.39. The van der Waals surface area contributed by atoms with Crippen LogP contribution in [0.5, 0.6) is 0 Å². The van der Waals surface area contributed by atoms with Crippen molar-refractivity contribution in [2.24, 2.45) is 0 Å². The summed E-state index contributed by atoms with van der Waals surface area (Å²) in [7, 11) is 0. The fourth-order valence-electron chi connectivity index (χ4n) is 2.85. The third-order valence-corrected chi connectivity index (χ3v) is 4.23. The minimum atomic E-state index is -0.368. The number of hydrogen-bond donors (Lipinski definition) is 2. The first-order chi connectivity index (χ1) is 12.5. The van der Waals surface area contributed by atoms with Crippen molar-refractivity contribution in [1.82, 2.24) is 9.88 Å². The Kier molecular flexibility index (Phi) is 5.31. The van der Waals surface area contributed by atoms with Gasteiger partial charge in [-0.3, -0.25) is 9.59 Å². The lowest BCUT2D eigenvalue weighted by Gasteiger charge is -2.20. The second-order valence-corrected chi connectivity index (χ2v) is 6.11. The third-order valence-electron chi connectivity index (χ3n) is 4.23. The largest absolute Gasteiger partial charge is 0.361 e. The van der Waals surface area contributed by atoms with E-state index in [1.807, 2.05) is 30.5 Å². The number of anilines is 1. The molecule has 26 heavy (non-hydrogen) atoms. The van der Waals surface area contributed by atoms with Crippen LogP contribution in [0.3, 0.4) is 0 Å². The maximum absolute atomic E-state index is 12.9. The highest BCUT2D eigenvalue weighted by atomic mass is 19.1. The highest BCUT2D eigenvalue weighted by Crippen LogP contribution is 2.18. The molecule has 0 saturated carbocycles. The van der Waals surface area contributed by atoms with E-state index in [9.17, 15) is 14.0 Å². The van der Waals surface area contributed by atoms with Gasteiger partial charge in [0.2, 0.25) is 11.8 Å². The van der Waals surface area contributed by atoms with Crippen molar-refractivity contribution in [3.05, 3.63) is 66.1 Å². The first-order valence-corrected chi connectivity index (χ1v) is 8.39. The Morgan fingerprint density at radius 2 is 1.85 bits per heavy atom. The van der Waals surface area contributed by atoms with Crippen LogP contribution in [0.25, 0.3) is 10.9 Å². The molecule has 0 saturated heterocycles. The Morgan fingerprint density at radius 1 is 1.12 bits per heavy atom. The number of H-pyrrole nitrogens is 1.